The van der Waals surface area contributed by atoms with Crippen molar-refractivity contribution < 1.29 is 19.8 Å². The standard InChI is InChI=1S/C14H24N2O4/c1-14(20)6-9-15(10-7-14)13(19)16-8-4-2-3-5-11(16)12(17)18/h11,20H,2-10H2,1H3,(H,17,18). The molecule has 114 valence electrons. The number of aliphatic hydroxyl groups is 1. The summed E-state index contributed by atoms with van der Waals surface area (Å²) in [6, 6.07) is -0.887. The van der Waals surface area contributed by atoms with Crippen molar-refractivity contribution in [3.05, 3.63) is 0 Å². The highest BCUT2D eigenvalue weighted by atomic mass is 16.4. The monoisotopic (exact) mass is 284 g/mol. The van der Waals surface area contributed by atoms with E-state index in [0.717, 1.165) is 19.3 Å². The van der Waals surface area contributed by atoms with E-state index in [2.05, 4.69) is 0 Å². The Kier molecular flexibility index (Phi) is 4.52. The number of carbonyl (C=O) groups is 2. The smallest absolute Gasteiger partial charge is 0.326 e. The minimum atomic E-state index is -0.913. The quantitative estimate of drug-likeness (QED) is 0.760. The Morgan fingerprint density at radius 2 is 1.75 bits per heavy atom. The molecule has 2 N–H and O–H groups in total. The highest BCUT2D eigenvalue weighted by Gasteiger charge is 2.36. The summed E-state index contributed by atoms with van der Waals surface area (Å²) in [5.41, 5.74) is -0.707. The highest BCUT2D eigenvalue weighted by Crippen LogP contribution is 2.24. The summed E-state index contributed by atoms with van der Waals surface area (Å²) in [6.07, 6.45) is 4.32. The molecule has 0 aromatic heterocycles. The van der Waals surface area contributed by atoms with Crippen molar-refractivity contribution in [1.29, 1.82) is 0 Å². The van der Waals surface area contributed by atoms with Crippen LogP contribution in [0.4, 0.5) is 4.79 Å². The third-order valence-corrected chi connectivity index (χ3v) is 4.39. The van der Waals surface area contributed by atoms with Crippen molar-refractivity contribution in [2.45, 2.75) is 57.1 Å². The fourth-order valence-corrected chi connectivity index (χ4v) is 2.96. The number of carboxylic acids is 1. The molecule has 2 amide bonds. The van der Waals surface area contributed by atoms with Gasteiger partial charge in [0.1, 0.15) is 6.04 Å². The molecule has 2 heterocycles. The van der Waals surface area contributed by atoms with E-state index in [4.69, 9.17) is 0 Å². The lowest BCUT2D eigenvalue weighted by atomic mass is 9.94. The van der Waals surface area contributed by atoms with Crippen LogP contribution in [0.3, 0.4) is 0 Å². The van der Waals surface area contributed by atoms with E-state index in [1.165, 1.54) is 4.90 Å². The van der Waals surface area contributed by atoms with E-state index in [-0.39, 0.29) is 6.03 Å². The van der Waals surface area contributed by atoms with Gasteiger partial charge in [-0.05, 0) is 32.6 Å². The highest BCUT2D eigenvalue weighted by molar-refractivity contribution is 5.82. The molecule has 2 rings (SSSR count). The molecule has 0 bridgehead atoms. The number of likely N-dealkylation sites (tertiary alicyclic amines) is 2. The number of rotatable bonds is 1. The van der Waals surface area contributed by atoms with Crippen LogP contribution in [0, 0.1) is 0 Å². The van der Waals surface area contributed by atoms with Crippen LogP contribution in [0.2, 0.25) is 0 Å². The number of carboxylic acid groups (broad SMARTS) is 1. The van der Waals surface area contributed by atoms with Crippen molar-refractivity contribution in [2.75, 3.05) is 19.6 Å². The van der Waals surface area contributed by atoms with Crippen LogP contribution in [0.25, 0.3) is 0 Å². The van der Waals surface area contributed by atoms with Crippen molar-refractivity contribution >= 4 is 12.0 Å². The molecule has 6 nitrogen and oxygen atoms in total. The molecule has 6 heteroatoms. The molecular weight excluding hydrogens is 260 g/mol. The predicted molar refractivity (Wildman–Crippen MR) is 73.4 cm³/mol. The average molecular weight is 284 g/mol. The van der Waals surface area contributed by atoms with Crippen LogP contribution >= 0.6 is 0 Å². The van der Waals surface area contributed by atoms with Gasteiger partial charge in [-0.1, -0.05) is 12.8 Å². The Labute approximate surface area is 119 Å². The number of hydrogen-bond acceptors (Lipinski definition) is 3. The maximum absolute atomic E-state index is 12.5. The number of aliphatic carboxylic acids is 1. The lowest BCUT2D eigenvalue weighted by Crippen LogP contribution is -2.54. The third-order valence-electron chi connectivity index (χ3n) is 4.39. The van der Waals surface area contributed by atoms with E-state index in [1.54, 1.807) is 11.8 Å². The van der Waals surface area contributed by atoms with Crippen LogP contribution in [0.15, 0.2) is 0 Å². The summed E-state index contributed by atoms with van der Waals surface area (Å²) >= 11 is 0. The Morgan fingerprint density at radius 3 is 2.35 bits per heavy atom. The van der Waals surface area contributed by atoms with Gasteiger partial charge in [0.05, 0.1) is 5.60 Å². The number of nitrogens with zero attached hydrogens (tertiary/aromatic N) is 2. The topological polar surface area (TPSA) is 81.1 Å². The van der Waals surface area contributed by atoms with E-state index >= 15 is 0 Å². The predicted octanol–water partition coefficient (Wildman–Crippen LogP) is 1.28. The molecular formula is C14H24N2O4. The molecule has 1 unspecified atom stereocenters. The molecule has 2 fully saturated rings. The fourth-order valence-electron chi connectivity index (χ4n) is 2.96. The van der Waals surface area contributed by atoms with Crippen LogP contribution in [0.1, 0.15) is 45.4 Å². The van der Waals surface area contributed by atoms with Gasteiger partial charge in [-0.2, -0.15) is 0 Å². The van der Waals surface area contributed by atoms with Crippen LogP contribution in [0.5, 0.6) is 0 Å². The summed E-state index contributed by atoms with van der Waals surface area (Å²) < 4.78 is 0. The first-order chi connectivity index (χ1) is 9.41. The fraction of sp³-hybridized carbons (Fsp3) is 0.857. The summed E-state index contributed by atoms with van der Waals surface area (Å²) in [7, 11) is 0. The number of hydrogen-bond donors (Lipinski definition) is 2. The van der Waals surface area contributed by atoms with Gasteiger partial charge in [0.2, 0.25) is 0 Å². The molecule has 1 atom stereocenters. The molecule has 0 radical (unpaired) electrons. The zero-order chi connectivity index (χ0) is 14.8. The van der Waals surface area contributed by atoms with Gasteiger partial charge in [-0.3, -0.25) is 0 Å². The van der Waals surface area contributed by atoms with Crippen LogP contribution in [-0.4, -0.2) is 63.3 Å². The first kappa shape index (κ1) is 15.1. The number of urea groups is 1. The summed E-state index contributed by atoms with van der Waals surface area (Å²) in [4.78, 5) is 27.1. The van der Waals surface area contributed by atoms with Crippen LogP contribution < -0.4 is 0 Å². The number of amides is 2. The molecule has 2 aliphatic heterocycles. The van der Waals surface area contributed by atoms with E-state index in [9.17, 15) is 19.8 Å². The zero-order valence-electron chi connectivity index (χ0n) is 12.0. The summed E-state index contributed by atoms with van der Waals surface area (Å²) in [5.74, 6) is -0.913. The van der Waals surface area contributed by atoms with E-state index < -0.39 is 17.6 Å². The Hall–Kier alpha value is -1.30. The molecule has 0 aliphatic carbocycles. The van der Waals surface area contributed by atoms with Gasteiger partial charge in [-0.25, -0.2) is 9.59 Å². The van der Waals surface area contributed by atoms with Gasteiger partial charge >= 0.3 is 12.0 Å². The molecule has 0 saturated carbocycles. The maximum Gasteiger partial charge on any atom is 0.326 e. The van der Waals surface area contributed by atoms with Gasteiger partial charge in [0.15, 0.2) is 0 Å². The maximum atomic E-state index is 12.5. The van der Waals surface area contributed by atoms with Gasteiger partial charge in [0.25, 0.3) is 0 Å². The molecule has 2 saturated heterocycles. The molecule has 0 aromatic rings. The van der Waals surface area contributed by atoms with Gasteiger partial charge < -0.3 is 20.0 Å². The zero-order valence-corrected chi connectivity index (χ0v) is 12.0. The molecule has 20 heavy (non-hydrogen) atoms. The Bertz CT molecular complexity index is 373. The normalized spacial score (nSPS) is 27.0. The lowest BCUT2D eigenvalue weighted by molar-refractivity contribution is -0.142. The lowest BCUT2D eigenvalue weighted by Gasteiger charge is -2.39. The van der Waals surface area contributed by atoms with Gasteiger partial charge in [0, 0.05) is 19.6 Å². The first-order valence-electron chi connectivity index (χ1n) is 7.41. The van der Waals surface area contributed by atoms with E-state index in [0.29, 0.717) is 38.9 Å². The Morgan fingerprint density at radius 1 is 1.10 bits per heavy atom. The first-order valence-corrected chi connectivity index (χ1v) is 7.41. The van der Waals surface area contributed by atoms with Crippen molar-refractivity contribution in [3.8, 4) is 0 Å². The second-order valence-electron chi connectivity index (χ2n) is 6.16. The van der Waals surface area contributed by atoms with Crippen molar-refractivity contribution in [3.63, 3.8) is 0 Å². The van der Waals surface area contributed by atoms with E-state index in [1.807, 2.05) is 0 Å². The second-order valence-corrected chi connectivity index (χ2v) is 6.16. The third kappa shape index (κ3) is 3.42. The van der Waals surface area contributed by atoms with Crippen molar-refractivity contribution in [1.82, 2.24) is 9.80 Å². The summed E-state index contributed by atoms with van der Waals surface area (Å²) in [5, 5.41) is 19.2. The SMILES string of the molecule is CC1(O)CCN(C(=O)N2CCCCCC2C(=O)O)CC1. The minimum absolute atomic E-state index is 0.185. The van der Waals surface area contributed by atoms with Crippen LogP contribution in [-0.2, 0) is 4.79 Å². The summed E-state index contributed by atoms with van der Waals surface area (Å²) in [6.45, 7) is 3.28. The Balaban J connectivity index is 2.04. The molecule has 0 spiro atoms. The average Bonchev–Trinajstić information content (AvgIpc) is 2.63. The van der Waals surface area contributed by atoms with Gasteiger partial charge in [-0.15, -0.1) is 0 Å². The number of piperidine rings is 1. The molecule has 2 aliphatic rings. The van der Waals surface area contributed by atoms with Crippen molar-refractivity contribution in [2.24, 2.45) is 0 Å². The largest absolute Gasteiger partial charge is 0.480 e. The molecule has 0 aromatic carbocycles. The minimum Gasteiger partial charge on any atom is -0.480 e. The second kappa shape index (κ2) is 5.99. The number of carbonyl (C=O) groups excluding carboxylic acids is 1.